The van der Waals surface area contributed by atoms with Crippen molar-refractivity contribution in [3.05, 3.63) is 0 Å². The molecule has 102 valence electrons. The number of carbonyl (C=O) groups is 1. The van der Waals surface area contributed by atoms with E-state index in [1.54, 1.807) is 4.90 Å². The third-order valence-corrected chi connectivity index (χ3v) is 3.49. The fourth-order valence-corrected chi connectivity index (χ4v) is 2.14. The Morgan fingerprint density at radius 1 is 1.41 bits per heavy atom. The van der Waals surface area contributed by atoms with Crippen LogP contribution < -0.4 is 5.32 Å². The average molecular weight is 264 g/mol. The molecule has 5 heteroatoms. The van der Waals surface area contributed by atoms with Crippen molar-refractivity contribution in [3.8, 4) is 0 Å². The third-order valence-electron chi connectivity index (χ3n) is 3.49. The summed E-state index contributed by atoms with van der Waals surface area (Å²) in [5, 5.41) is 3.19. The summed E-state index contributed by atoms with van der Waals surface area (Å²) in [7, 11) is 3.87. The molecule has 1 heterocycles. The van der Waals surface area contributed by atoms with Crippen LogP contribution in [0.3, 0.4) is 0 Å². The molecular weight excluding hydrogens is 238 g/mol. The standard InChI is InChI=1S/C12H25N3O.ClH/c1-4-14(3)12(16)15-9-6-11(7-10-15)5-8-13-2;/h11,13H,4-10H2,1-3H3;1H. The van der Waals surface area contributed by atoms with Gasteiger partial charge in [0.25, 0.3) is 0 Å². The van der Waals surface area contributed by atoms with Gasteiger partial charge in [-0.25, -0.2) is 4.79 Å². The van der Waals surface area contributed by atoms with Gasteiger partial charge in [-0.1, -0.05) is 0 Å². The lowest BCUT2D eigenvalue weighted by molar-refractivity contribution is 0.140. The zero-order valence-electron chi connectivity index (χ0n) is 11.2. The Labute approximate surface area is 111 Å². The smallest absolute Gasteiger partial charge is 0.319 e. The predicted octanol–water partition coefficient (Wildman–Crippen LogP) is 1.80. The first-order chi connectivity index (χ1) is 7.69. The molecule has 4 nitrogen and oxygen atoms in total. The van der Waals surface area contributed by atoms with Crippen molar-refractivity contribution >= 4 is 18.4 Å². The van der Waals surface area contributed by atoms with E-state index in [2.05, 4.69) is 5.32 Å². The first-order valence-electron chi connectivity index (χ1n) is 6.33. The number of rotatable bonds is 4. The van der Waals surface area contributed by atoms with Crippen LogP contribution in [0.1, 0.15) is 26.2 Å². The summed E-state index contributed by atoms with van der Waals surface area (Å²) in [6, 6.07) is 0.189. The zero-order valence-corrected chi connectivity index (χ0v) is 12.1. The van der Waals surface area contributed by atoms with E-state index in [9.17, 15) is 4.79 Å². The first-order valence-corrected chi connectivity index (χ1v) is 6.33. The van der Waals surface area contributed by atoms with E-state index in [0.29, 0.717) is 0 Å². The largest absolute Gasteiger partial charge is 0.328 e. The lowest BCUT2D eigenvalue weighted by Gasteiger charge is -2.34. The molecule has 1 aliphatic rings. The lowest BCUT2D eigenvalue weighted by Crippen LogP contribution is -2.45. The van der Waals surface area contributed by atoms with Crippen molar-refractivity contribution in [1.82, 2.24) is 15.1 Å². The fraction of sp³-hybridized carbons (Fsp3) is 0.917. The Morgan fingerprint density at radius 3 is 2.47 bits per heavy atom. The van der Waals surface area contributed by atoms with Gasteiger partial charge in [-0.15, -0.1) is 12.4 Å². The summed E-state index contributed by atoms with van der Waals surface area (Å²) in [4.78, 5) is 15.7. The molecule has 0 aliphatic carbocycles. The van der Waals surface area contributed by atoms with Gasteiger partial charge in [-0.2, -0.15) is 0 Å². The SMILES string of the molecule is CCN(C)C(=O)N1CCC(CCNC)CC1.Cl. The van der Waals surface area contributed by atoms with Crippen LogP contribution in [0.15, 0.2) is 0 Å². The highest BCUT2D eigenvalue weighted by Crippen LogP contribution is 2.20. The number of piperidine rings is 1. The molecule has 0 spiro atoms. The number of nitrogens with one attached hydrogen (secondary N) is 1. The summed E-state index contributed by atoms with van der Waals surface area (Å²) < 4.78 is 0. The van der Waals surface area contributed by atoms with E-state index < -0.39 is 0 Å². The van der Waals surface area contributed by atoms with Crippen molar-refractivity contribution in [3.63, 3.8) is 0 Å². The van der Waals surface area contributed by atoms with Crippen LogP contribution in [0.5, 0.6) is 0 Å². The molecular formula is C12H26ClN3O. The van der Waals surface area contributed by atoms with Crippen LogP contribution in [0.25, 0.3) is 0 Å². The number of hydrogen-bond acceptors (Lipinski definition) is 2. The topological polar surface area (TPSA) is 35.6 Å². The van der Waals surface area contributed by atoms with E-state index in [-0.39, 0.29) is 18.4 Å². The molecule has 0 aromatic carbocycles. The molecule has 0 bridgehead atoms. The van der Waals surface area contributed by atoms with Gasteiger partial charge in [-0.05, 0) is 45.7 Å². The predicted molar refractivity (Wildman–Crippen MR) is 73.8 cm³/mol. The lowest BCUT2D eigenvalue weighted by atomic mass is 9.94. The number of hydrogen-bond donors (Lipinski definition) is 1. The van der Waals surface area contributed by atoms with Crippen LogP contribution >= 0.6 is 12.4 Å². The molecule has 17 heavy (non-hydrogen) atoms. The van der Waals surface area contributed by atoms with Crippen molar-refractivity contribution in [2.75, 3.05) is 40.3 Å². The number of amides is 2. The number of likely N-dealkylation sites (tertiary alicyclic amines) is 1. The van der Waals surface area contributed by atoms with Crippen molar-refractivity contribution in [2.24, 2.45) is 5.92 Å². The average Bonchev–Trinajstić information content (AvgIpc) is 2.35. The van der Waals surface area contributed by atoms with Gasteiger partial charge in [0, 0.05) is 26.7 Å². The Bertz CT molecular complexity index is 218. The minimum Gasteiger partial charge on any atom is -0.328 e. The van der Waals surface area contributed by atoms with E-state index in [0.717, 1.165) is 44.9 Å². The summed E-state index contributed by atoms with van der Waals surface area (Å²) in [5.74, 6) is 0.795. The molecule has 0 aromatic heterocycles. The highest BCUT2D eigenvalue weighted by atomic mass is 35.5. The number of carbonyl (C=O) groups excluding carboxylic acids is 1. The molecule has 0 aromatic rings. The maximum Gasteiger partial charge on any atom is 0.319 e. The molecule has 1 aliphatic heterocycles. The molecule has 1 fully saturated rings. The molecule has 1 saturated heterocycles. The van der Waals surface area contributed by atoms with Crippen molar-refractivity contribution < 1.29 is 4.79 Å². The van der Waals surface area contributed by atoms with Crippen molar-refractivity contribution in [2.45, 2.75) is 26.2 Å². The number of urea groups is 1. The van der Waals surface area contributed by atoms with Gasteiger partial charge in [0.2, 0.25) is 0 Å². The summed E-state index contributed by atoms with van der Waals surface area (Å²) in [5.41, 5.74) is 0. The fourth-order valence-electron chi connectivity index (χ4n) is 2.14. The number of nitrogens with zero attached hydrogens (tertiary/aromatic N) is 2. The minimum absolute atomic E-state index is 0. The van der Waals surface area contributed by atoms with E-state index in [4.69, 9.17) is 0 Å². The van der Waals surface area contributed by atoms with Gasteiger partial charge >= 0.3 is 6.03 Å². The quantitative estimate of drug-likeness (QED) is 0.840. The van der Waals surface area contributed by atoms with Crippen LogP contribution in [0, 0.1) is 5.92 Å². The Kier molecular flexibility index (Phi) is 8.35. The van der Waals surface area contributed by atoms with E-state index in [1.807, 2.05) is 25.9 Å². The molecule has 1 N–H and O–H groups in total. The second-order valence-corrected chi connectivity index (χ2v) is 4.62. The molecule has 1 rings (SSSR count). The van der Waals surface area contributed by atoms with Gasteiger partial charge in [0.1, 0.15) is 0 Å². The second kappa shape index (κ2) is 8.59. The Morgan fingerprint density at radius 2 is 2.00 bits per heavy atom. The summed E-state index contributed by atoms with van der Waals surface area (Å²) >= 11 is 0. The summed E-state index contributed by atoms with van der Waals surface area (Å²) in [6.07, 6.45) is 3.55. The van der Waals surface area contributed by atoms with Crippen LogP contribution in [-0.2, 0) is 0 Å². The Balaban J connectivity index is 0.00000256. The molecule has 0 saturated carbocycles. The highest BCUT2D eigenvalue weighted by molar-refractivity contribution is 5.85. The number of halogens is 1. The maximum atomic E-state index is 11.9. The summed E-state index contributed by atoms with van der Waals surface area (Å²) in [6.45, 7) is 5.75. The Hall–Kier alpha value is -0.480. The monoisotopic (exact) mass is 263 g/mol. The maximum absolute atomic E-state index is 11.9. The molecule has 0 radical (unpaired) electrons. The third kappa shape index (κ3) is 5.13. The van der Waals surface area contributed by atoms with Crippen LogP contribution in [0.4, 0.5) is 4.79 Å². The van der Waals surface area contributed by atoms with Gasteiger partial charge in [0.15, 0.2) is 0 Å². The van der Waals surface area contributed by atoms with E-state index >= 15 is 0 Å². The van der Waals surface area contributed by atoms with Crippen molar-refractivity contribution in [1.29, 1.82) is 0 Å². The second-order valence-electron chi connectivity index (χ2n) is 4.62. The molecule has 2 amide bonds. The van der Waals surface area contributed by atoms with Gasteiger partial charge in [0.05, 0.1) is 0 Å². The molecule has 0 atom stereocenters. The molecule has 0 unspecified atom stereocenters. The first kappa shape index (κ1) is 16.5. The van der Waals surface area contributed by atoms with Gasteiger partial charge in [-0.3, -0.25) is 0 Å². The normalized spacial score (nSPS) is 16.5. The van der Waals surface area contributed by atoms with E-state index in [1.165, 1.54) is 6.42 Å². The zero-order chi connectivity index (χ0) is 12.0. The minimum atomic E-state index is 0. The van der Waals surface area contributed by atoms with Crippen LogP contribution in [0.2, 0.25) is 0 Å². The van der Waals surface area contributed by atoms with Crippen LogP contribution in [-0.4, -0.2) is 56.1 Å². The van der Waals surface area contributed by atoms with Gasteiger partial charge < -0.3 is 15.1 Å². The highest BCUT2D eigenvalue weighted by Gasteiger charge is 2.23.